The summed E-state index contributed by atoms with van der Waals surface area (Å²) in [6.45, 7) is 7.52. The Bertz CT molecular complexity index is 393. The minimum Gasteiger partial charge on any atom is -0.369 e. The van der Waals surface area contributed by atoms with Gasteiger partial charge < -0.3 is 15.5 Å². The maximum atomic E-state index is 4.44. The van der Waals surface area contributed by atoms with E-state index < -0.39 is 0 Å². The van der Waals surface area contributed by atoms with Gasteiger partial charge >= 0.3 is 0 Å². The molecular formula is C13H22BrN5. The van der Waals surface area contributed by atoms with Crippen LogP contribution in [0.1, 0.15) is 26.2 Å². The predicted molar refractivity (Wildman–Crippen MR) is 82.7 cm³/mol. The van der Waals surface area contributed by atoms with Gasteiger partial charge in [0, 0.05) is 19.3 Å². The normalized spacial score (nSPS) is 15.7. The zero-order chi connectivity index (χ0) is 13.5. The molecule has 0 amide bonds. The summed E-state index contributed by atoms with van der Waals surface area (Å²) in [6, 6.07) is 0. The van der Waals surface area contributed by atoms with Crippen LogP contribution in [0, 0.1) is 0 Å². The van der Waals surface area contributed by atoms with Gasteiger partial charge in [-0.05, 0) is 61.8 Å². The van der Waals surface area contributed by atoms with E-state index >= 15 is 0 Å². The number of aromatic nitrogens is 2. The van der Waals surface area contributed by atoms with E-state index in [4.69, 9.17) is 0 Å². The van der Waals surface area contributed by atoms with E-state index in [9.17, 15) is 0 Å². The third-order valence-electron chi connectivity index (χ3n) is 3.22. The summed E-state index contributed by atoms with van der Waals surface area (Å²) in [7, 11) is 0. The predicted octanol–water partition coefficient (Wildman–Crippen LogP) is 2.57. The SMILES string of the molecule is CCNc1ncc(Br)c(NCCCN2CCCC2)n1. The average molecular weight is 328 g/mol. The Balaban J connectivity index is 1.76. The molecule has 0 aromatic carbocycles. The second-order valence-electron chi connectivity index (χ2n) is 4.75. The summed E-state index contributed by atoms with van der Waals surface area (Å²) < 4.78 is 0.912. The quantitative estimate of drug-likeness (QED) is 0.754. The van der Waals surface area contributed by atoms with Gasteiger partial charge in [-0.1, -0.05) is 0 Å². The Morgan fingerprint density at radius 1 is 1.32 bits per heavy atom. The molecule has 1 aliphatic heterocycles. The summed E-state index contributed by atoms with van der Waals surface area (Å²) >= 11 is 3.47. The zero-order valence-electron chi connectivity index (χ0n) is 11.5. The molecule has 1 aliphatic rings. The van der Waals surface area contributed by atoms with Crippen LogP contribution in [0.25, 0.3) is 0 Å². The van der Waals surface area contributed by atoms with Crippen molar-refractivity contribution in [3.63, 3.8) is 0 Å². The Labute approximate surface area is 123 Å². The molecule has 0 unspecified atom stereocenters. The van der Waals surface area contributed by atoms with Crippen LogP contribution < -0.4 is 10.6 Å². The van der Waals surface area contributed by atoms with Crippen LogP contribution in [0.2, 0.25) is 0 Å². The molecule has 2 heterocycles. The number of nitrogens with one attached hydrogen (secondary N) is 2. The Morgan fingerprint density at radius 3 is 2.84 bits per heavy atom. The highest BCUT2D eigenvalue weighted by Gasteiger charge is 2.10. The van der Waals surface area contributed by atoms with Crippen molar-refractivity contribution in [1.29, 1.82) is 0 Å². The number of halogens is 1. The lowest BCUT2D eigenvalue weighted by atomic mass is 10.4. The van der Waals surface area contributed by atoms with Gasteiger partial charge in [-0.15, -0.1) is 0 Å². The second-order valence-corrected chi connectivity index (χ2v) is 5.60. The summed E-state index contributed by atoms with van der Waals surface area (Å²) in [6.07, 6.45) is 5.65. The molecule has 1 fully saturated rings. The fourth-order valence-electron chi connectivity index (χ4n) is 2.25. The topological polar surface area (TPSA) is 53.1 Å². The second kappa shape index (κ2) is 7.65. The molecule has 1 aromatic heterocycles. The molecule has 0 radical (unpaired) electrons. The van der Waals surface area contributed by atoms with Crippen LogP contribution in [0.4, 0.5) is 11.8 Å². The smallest absolute Gasteiger partial charge is 0.224 e. The first-order valence-electron chi connectivity index (χ1n) is 7.02. The van der Waals surface area contributed by atoms with E-state index in [-0.39, 0.29) is 0 Å². The number of nitrogens with zero attached hydrogens (tertiary/aromatic N) is 3. The van der Waals surface area contributed by atoms with E-state index in [1.807, 2.05) is 6.92 Å². The molecule has 1 saturated heterocycles. The maximum absolute atomic E-state index is 4.44. The summed E-state index contributed by atoms with van der Waals surface area (Å²) in [5.41, 5.74) is 0. The lowest BCUT2D eigenvalue weighted by Crippen LogP contribution is -2.22. The molecule has 106 valence electrons. The highest BCUT2D eigenvalue weighted by atomic mass is 79.9. The third kappa shape index (κ3) is 4.62. The maximum Gasteiger partial charge on any atom is 0.224 e. The van der Waals surface area contributed by atoms with E-state index in [2.05, 4.69) is 41.4 Å². The molecule has 0 spiro atoms. The molecule has 19 heavy (non-hydrogen) atoms. The van der Waals surface area contributed by atoms with Gasteiger partial charge in [0.25, 0.3) is 0 Å². The minimum absolute atomic E-state index is 0.674. The summed E-state index contributed by atoms with van der Waals surface area (Å²) in [4.78, 5) is 11.2. The van der Waals surface area contributed by atoms with E-state index in [0.29, 0.717) is 5.95 Å². The van der Waals surface area contributed by atoms with Crippen molar-refractivity contribution in [2.24, 2.45) is 0 Å². The Morgan fingerprint density at radius 2 is 2.11 bits per heavy atom. The fourth-order valence-corrected chi connectivity index (χ4v) is 2.58. The molecule has 2 N–H and O–H groups in total. The number of rotatable bonds is 7. The van der Waals surface area contributed by atoms with Gasteiger partial charge in [-0.25, -0.2) is 4.98 Å². The van der Waals surface area contributed by atoms with Crippen molar-refractivity contribution < 1.29 is 0 Å². The largest absolute Gasteiger partial charge is 0.369 e. The van der Waals surface area contributed by atoms with Crippen molar-refractivity contribution in [2.75, 3.05) is 43.4 Å². The first kappa shape index (κ1) is 14.5. The molecule has 6 heteroatoms. The van der Waals surface area contributed by atoms with E-state index in [1.54, 1.807) is 6.20 Å². The van der Waals surface area contributed by atoms with Gasteiger partial charge in [0.05, 0.1) is 4.47 Å². The van der Waals surface area contributed by atoms with Crippen LogP contribution in [-0.4, -0.2) is 47.6 Å². The third-order valence-corrected chi connectivity index (χ3v) is 3.80. The Hall–Kier alpha value is -0.880. The first-order valence-corrected chi connectivity index (χ1v) is 7.81. The van der Waals surface area contributed by atoms with E-state index in [0.717, 1.165) is 29.8 Å². The van der Waals surface area contributed by atoms with Crippen molar-refractivity contribution in [3.8, 4) is 0 Å². The van der Waals surface area contributed by atoms with Crippen LogP contribution >= 0.6 is 15.9 Å². The van der Waals surface area contributed by atoms with Gasteiger partial charge in [-0.2, -0.15) is 4.98 Å². The molecule has 0 bridgehead atoms. The molecular weight excluding hydrogens is 306 g/mol. The molecule has 0 atom stereocenters. The van der Waals surface area contributed by atoms with Crippen LogP contribution in [0.5, 0.6) is 0 Å². The first-order chi connectivity index (χ1) is 9.29. The number of hydrogen-bond acceptors (Lipinski definition) is 5. The van der Waals surface area contributed by atoms with Crippen molar-refractivity contribution >= 4 is 27.7 Å². The standard InChI is InChI=1S/C13H22BrN5/c1-2-15-13-17-10-11(14)12(18-13)16-6-5-9-19-7-3-4-8-19/h10H,2-9H2,1H3,(H2,15,16,17,18). The lowest BCUT2D eigenvalue weighted by molar-refractivity contribution is 0.337. The van der Waals surface area contributed by atoms with E-state index in [1.165, 1.54) is 32.5 Å². The number of anilines is 2. The van der Waals surface area contributed by atoms with Crippen molar-refractivity contribution in [3.05, 3.63) is 10.7 Å². The Kier molecular flexibility index (Phi) is 5.85. The molecule has 5 nitrogen and oxygen atoms in total. The highest BCUT2D eigenvalue weighted by molar-refractivity contribution is 9.10. The summed E-state index contributed by atoms with van der Waals surface area (Å²) in [5.74, 6) is 1.54. The molecule has 0 saturated carbocycles. The van der Waals surface area contributed by atoms with Gasteiger partial charge in [0.2, 0.25) is 5.95 Å². The van der Waals surface area contributed by atoms with Crippen molar-refractivity contribution in [2.45, 2.75) is 26.2 Å². The van der Waals surface area contributed by atoms with Crippen LogP contribution in [0.3, 0.4) is 0 Å². The zero-order valence-corrected chi connectivity index (χ0v) is 13.0. The molecule has 0 aliphatic carbocycles. The highest BCUT2D eigenvalue weighted by Crippen LogP contribution is 2.20. The lowest BCUT2D eigenvalue weighted by Gasteiger charge is -2.15. The van der Waals surface area contributed by atoms with Gasteiger partial charge in [0.15, 0.2) is 0 Å². The fraction of sp³-hybridized carbons (Fsp3) is 0.692. The molecule has 1 aromatic rings. The monoisotopic (exact) mass is 327 g/mol. The van der Waals surface area contributed by atoms with Crippen molar-refractivity contribution in [1.82, 2.24) is 14.9 Å². The van der Waals surface area contributed by atoms with Gasteiger partial charge in [-0.3, -0.25) is 0 Å². The molecule has 2 rings (SSSR count). The number of hydrogen-bond donors (Lipinski definition) is 2. The van der Waals surface area contributed by atoms with Gasteiger partial charge in [0.1, 0.15) is 5.82 Å². The minimum atomic E-state index is 0.674. The average Bonchev–Trinajstić information content (AvgIpc) is 2.91. The van der Waals surface area contributed by atoms with Crippen LogP contribution in [-0.2, 0) is 0 Å². The van der Waals surface area contributed by atoms with Crippen LogP contribution in [0.15, 0.2) is 10.7 Å². The number of likely N-dealkylation sites (tertiary alicyclic amines) is 1. The summed E-state index contributed by atoms with van der Waals surface area (Å²) in [5, 5.41) is 6.49.